The van der Waals surface area contributed by atoms with E-state index in [4.69, 9.17) is 9.31 Å². The predicted octanol–water partition coefficient (Wildman–Crippen LogP) is 2.86. The number of pyridine rings is 1. The van der Waals surface area contributed by atoms with Gasteiger partial charge in [0.15, 0.2) is 0 Å². The monoisotopic (exact) mass is 309 g/mol. The fourth-order valence-corrected chi connectivity index (χ4v) is 2.48. The Bertz CT molecular complexity index is 709. The van der Waals surface area contributed by atoms with E-state index in [2.05, 4.69) is 4.98 Å². The Balaban J connectivity index is 1.90. The minimum Gasteiger partial charge on any atom is -0.399 e. The largest absolute Gasteiger partial charge is 0.496 e. The summed E-state index contributed by atoms with van der Waals surface area (Å²) in [4.78, 5) is 15.1. The summed E-state index contributed by atoms with van der Waals surface area (Å²) in [5.74, 6) is 0. The number of hydrogen-bond donors (Lipinski definition) is 0. The normalized spacial score (nSPS) is 18.9. The summed E-state index contributed by atoms with van der Waals surface area (Å²) in [6, 6.07) is 9.43. The van der Waals surface area contributed by atoms with E-state index in [0.717, 1.165) is 22.9 Å². The Morgan fingerprint density at radius 3 is 2.13 bits per heavy atom. The van der Waals surface area contributed by atoms with Crippen LogP contribution in [0.2, 0.25) is 0 Å². The molecule has 1 aromatic carbocycles. The highest BCUT2D eigenvalue weighted by Gasteiger charge is 2.51. The van der Waals surface area contributed by atoms with Crippen molar-refractivity contribution in [1.29, 1.82) is 0 Å². The highest BCUT2D eigenvalue weighted by atomic mass is 16.7. The van der Waals surface area contributed by atoms with Crippen LogP contribution in [0, 0.1) is 0 Å². The van der Waals surface area contributed by atoms with Crippen molar-refractivity contribution in [2.24, 2.45) is 0 Å². The average molecular weight is 309 g/mol. The van der Waals surface area contributed by atoms with E-state index in [1.54, 1.807) is 24.5 Å². The lowest BCUT2D eigenvalue weighted by Gasteiger charge is -2.32. The third-order valence-corrected chi connectivity index (χ3v) is 4.66. The van der Waals surface area contributed by atoms with E-state index in [1.807, 2.05) is 45.9 Å². The van der Waals surface area contributed by atoms with Crippen LogP contribution in [0.15, 0.2) is 42.7 Å². The van der Waals surface area contributed by atoms with Gasteiger partial charge in [0, 0.05) is 23.4 Å². The highest BCUT2D eigenvalue weighted by molar-refractivity contribution is 6.62. The van der Waals surface area contributed by atoms with E-state index in [-0.39, 0.29) is 11.2 Å². The zero-order valence-corrected chi connectivity index (χ0v) is 13.9. The van der Waals surface area contributed by atoms with Crippen LogP contribution in [0.5, 0.6) is 0 Å². The molecule has 0 bridgehead atoms. The number of carbonyl (C=O) groups excluding carboxylic acids is 1. The van der Waals surface area contributed by atoms with Gasteiger partial charge in [-0.15, -0.1) is 0 Å². The summed E-state index contributed by atoms with van der Waals surface area (Å²) in [6.07, 6.45) is 4.40. The summed E-state index contributed by atoms with van der Waals surface area (Å²) < 4.78 is 12.1. The van der Waals surface area contributed by atoms with E-state index >= 15 is 0 Å². The molecule has 0 atom stereocenters. The van der Waals surface area contributed by atoms with Crippen LogP contribution in [0.3, 0.4) is 0 Å². The van der Waals surface area contributed by atoms with Gasteiger partial charge in [-0.2, -0.15) is 0 Å². The summed E-state index contributed by atoms with van der Waals surface area (Å²) >= 11 is 0. The van der Waals surface area contributed by atoms with Gasteiger partial charge in [-0.25, -0.2) is 0 Å². The van der Waals surface area contributed by atoms with Gasteiger partial charge in [0.25, 0.3) is 0 Å². The quantitative estimate of drug-likeness (QED) is 0.646. The number of benzene rings is 1. The second-order valence-electron chi connectivity index (χ2n) is 6.84. The zero-order valence-electron chi connectivity index (χ0n) is 13.9. The standard InChI is InChI=1S/C18H20BNO3/c1-17(2)18(3,4)23-19(22-17)16-9-15(10-20-11-16)14-7-5-13(12-21)6-8-14/h5-12H,1-4H3. The van der Waals surface area contributed by atoms with Crippen molar-refractivity contribution in [2.45, 2.75) is 38.9 Å². The summed E-state index contributed by atoms with van der Waals surface area (Å²) in [5.41, 5.74) is 2.76. The van der Waals surface area contributed by atoms with Gasteiger partial charge >= 0.3 is 7.12 Å². The minimum atomic E-state index is -0.429. The molecule has 2 heterocycles. The van der Waals surface area contributed by atoms with Gasteiger partial charge in [0.05, 0.1) is 11.2 Å². The Labute approximate surface area is 137 Å². The molecule has 1 fully saturated rings. The van der Waals surface area contributed by atoms with Gasteiger partial charge in [0.2, 0.25) is 0 Å². The van der Waals surface area contributed by atoms with Gasteiger partial charge in [0.1, 0.15) is 6.29 Å². The number of aromatic nitrogens is 1. The fourth-order valence-electron chi connectivity index (χ4n) is 2.48. The molecule has 1 aliphatic heterocycles. The Morgan fingerprint density at radius 1 is 0.957 bits per heavy atom. The van der Waals surface area contributed by atoms with Gasteiger partial charge in [-0.05, 0) is 38.8 Å². The Morgan fingerprint density at radius 2 is 1.57 bits per heavy atom. The van der Waals surface area contributed by atoms with Crippen molar-refractivity contribution in [3.63, 3.8) is 0 Å². The van der Waals surface area contributed by atoms with Crippen molar-refractivity contribution in [1.82, 2.24) is 4.98 Å². The summed E-state index contributed by atoms with van der Waals surface area (Å²) in [5, 5.41) is 0. The summed E-state index contributed by atoms with van der Waals surface area (Å²) in [7, 11) is -0.429. The molecule has 1 aromatic heterocycles. The fraction of sp³-hybridized carbons (Fsp3) is 0.333. The minimum absolute atomic E-state index is 0.376. The predicted molar refractivity (Wildman–Crippen MR) is 90.8 cm³/mol. The Hall–Kier alpha value is -1.98. The molecule has 1 aliphatic rings. The van der Waals surface area contributed by atoms with Gasteiger partial charge in [-0.3, -0.25) is 9.78 Å². The van der Waals surface area contributed by atoms with Crippen molar-refractivity contribution < 1.29 is 14.1 Å². The number of carbonyl (C=O) groups is 1. The second-order valence-corrected chi connectivity index (χ2v) is 6.84. The molecule has 0 N–H and O–H groups in total. The topological polar surface area (TPSA) is 48.4 Å². The molecule has 118 valence electrons. The lowest BCUT2D eigenvalue weighted by molar-refractivity contribution is 0.00578. The molecule has 2 aromatic rings. The van der Waals surface area contributed by atoms with Crippen LogP contribution in [-0.2, 0) is 9.31 Å². The van der Waals surface area contributed by atoms with Crippen LogP contribution < -0.4 is 5.46 Å². The van der Waals surface area contributed by atoms with Crippen molar-refractivity contribution >= 4 is 18.9 Å². The molecule has 0 aliphatic carbocycles. The van der Waals surface area contributed by atoms with E-state index < -0.39 is 7.12 Å². The first-order valence-electron chi connectivity index (χ1n) is 7.69. The molecule has 5 heteroatoms. The van der Waals surface area contributed by atoms with E-state index in [1.165, 1.54) is 0 Å². The third kappa shape index (κ3) is 2.94. The first-order valence-corrected chi connectivity index (χ1v) is 7.69. The average Bonchev–Trinajstić information content (AvgIpc) is 2.76. The number of rotatable bonds is 3. The Kier molecular flexibility index (Phi) is 3.86. The van der Waals surface area contributed by atoms with E-state index in [0.29, 0.717) is 5.56 Å². The molecule has 3 rings (SSSR count). The number of nitrogens with zero attached hydrogens (tertiary/aromatic N) is 1. The first-order chi connectivity index (χ1) is 10.8. The zero-order chi connectivity index (χ0) is 16.7. The van der Waals surface area contributed by atoms with Crippen LogP contribution >= 0.6 is 0 Å². The van der Waals surface area contributed by atoms with Crippen molar-refractivity contribution in [3.8, 4) is 11.1 Å². The highest BCUT2D eigenvalue weighted by Crippen LogP contribution is 2.36. The second kappa shape index (κ2) is 5.58. The van der Waals surface area contributed by atoms with E-state index in [9.17, 15) is 4.79 Å². The van der Waals surface area contributed by atoms with Crippen LogP contribution in [0.25, 0.3) is 11.1 Å². The molecule has 0 amide bonds. The molecule has 4 nitrogen and oxygen atoms in total. The molecule has 0 saturated carbocycles. The van der Waals surface area contributed by atoms with Gasteiger partial charge < -0.3 is 9.31 Å². The van der Waals surface area contributed by atoms with Crippen molar-refractivity contribution in [3.05, 3.63) is 48.3 Å². The molecular formula is C18H20BNO3. The lowest BCUT2D eigenvalue weighted by atomic mass is 9.79. The van der Waals surface area contributed by atoms with Crippen LogP contribution in [0.1, 0.15) is 38.1 Å². The number of hydrogen-bond acceptors (Lipinski definition) is 4. The summed E-state index contributed by atoms with van der Waals surface area (Å²) in [6.45, 7) is 8.12. The molecular weight excluding hydrogens is 289 g/mol. The molecule has 0 unspecified atom stereocenters. The first kappa shape index (κ1) is 15.9. The smallest absolute Gasteiger partial charge is 0.399 e. The maximum atomic E-state index is 10.8. The SMILES string of the molecule is CC1(C)OB(c2cncc(-c3ccc(C=O)cc3)c2)OC1(C)C. The molecule has 1 saturated heterocycles. The molecule has 23 heavy (non-hydrogen) atoms. The molecule has 0 spiro atoms. The molecule has 0 radical (unpaired) electrons. The number of aldehydes is 1. The maximum absolute atomic E-state index is 10.8. The van der Waals surface area contributed by atoms with Gasteiger partial charge in [-0.1, -0.05) is 30.3 Å². The maximum Gasteiger partial charge on any atom is 0.496 e. The van der Waals surface area contributed by atoms with Crippen molar-refractivity contribution in [2.75, 3.05) is 0 Å². The third-order valence-electron chi connectivity index (χ3n) is 4.66. The van der Waals surface area contributed by atoms with Crippen LogP contribution in [0.4, 0.5) is 0 Å². The lowest BCUT2D eigenvalue weighted by Crippen LogP contribution is -2.41. The van der Waals surface area contributed by atoms with Crippen LogP contribution in [-0.4, -0.2) is 29.6 Å².